The lowest BCUT2D eigenvalue weighted by Gasteiger charge is -2.12. The third kappa shape index (κ3) is 2.84. The lowest BCUT2D eigenvalue weighted by molar-refractivity contribution is 0.0549. The second-order valence-electron chi connectivity index (χ2n) is 2.70. The van der Waals surface area contributed by atoms with Gasteiger partial charge in [-0.3, -0.25) is 4.84 Å². The van der Waals surface area contributed by atoms with Crippen molar-refractivity contribution in [2.24, 2.45) is 5.90 Å². The molecule has 1 atom stereocenters. The maximum absolute atomic E-state index is 5.74. The van der Waals surface area contributed by atoms with Crippen molar-refractivity contribution in [1.29, 1.82) is 0 Å². The summed E-state index contributed by atoms with van der Waals surface area (Å²) >= 11 is 5.74. The Labute approximate surface area is 82.9 Å². The molecule has 1 aromatic rings. The van der Waals surface area contributed by atoms with Crippen LogP contribution in [0.3, 0.4) is 0 Å². The van der Waals surface area contributed by atoms with Gasteiger partial charge in [0.2, 0.25) is 0 Å². The van der Waals surface area contributed by atoms with Gasteiger partial charge in [0, 0.05) is 5.02 Å². The van der Waals surface area contributed by atoms with Gasteiger partial charge in [0.25, 0.3) is 0 Å². The summed E-state index contributed by atoms with van der Waals surface area (Å²) in [5.74, 6) is 5.15. The van der Waals surface area contributed by atoms with E-state index in [1.165, 1.54) is 0 Å². The summed E-state index contributed by atoms with van der Waals surface area (Å²) in [6.07, 6.45) is 2.33. The molecule has 13 heavy (non-hydrogen) atoms. The first kappa shape index (κ1) is 10.3. The standard InChI is InChI=1S/C10H12ClNO/c1-2-3-10(13-12)8-4-6-9(11)7-5-8/h2,4-7,10H,1,3,12H2. The Morgan fingerprint density at radius 1 is 1.46 bits per heavy atom. The zero-order valence-electron chi connectivity index (χ0n) is 7.24. The van der Waals surface area contributed by atoms with Gasteiger partial charge in [-0.25, -0.2) is 5.90 Å². The molecule has 1 aromatic carbocycles. The molecule has 0 spiro atoms. The second kappa shape index (κ2) is 5.02. The van der Waals surface area contributed by atoms with Crippen molar-refractivity contribution in [2.75, 3.05) is 0 Å². The van der Waals surface area contributed by atoms with Crippen LogP contribution in [0.1, 0.15) is 18.1 Å². The van der Waals surface area contributed by atoms with Crippen molar-refractivity contribution >= 4 is 11.6 Å². The molecule has 0 aliphatic rings. The molecule has 0 aliphatic heterocycles. The average Bonchev–Trinajstić information content (AvgIpc) is 2.16. The number of rotatable bonds is 4. The van der Waals surface area contributed by atoms with Crippen LogP contribution in [0.5, 0.6) is 0 Å². The first-order valence-electron chi connectivity index (χ1n) is 4.00. The number of benzene rings is 1. The maximum atomic E-state index is 5.74. The van der Waals surface area contributed by atoms with E-state index in [1.807, 2.05) is 24.3 Å². The van der Waals surface area contributed by atoms with Crippen molar-refractivity contribution in [1.82, 2.24) is 0 Å². The molecule has 70 valence electrons. The van der Waals surface area contributed by atoms with Crippen molar-refractivity contribution in [3.63, 3.8) is 0 Å². The molecule has 0 bridgehead atoms. The summed E-state index contributed by atoms with van der Waals surface area (Å²) in [6, 6.07) is 7.41. The van der Waals surface area contributed by atoms with E-state index in [-0.39, 0.29) is 6.10 Å². The average molecular weight is 198 g/mol. The molecule has 3 heteroatoms. The minimum atomic E-state index is -0.130. The highest BCUT2D eigenvalue weighted by Gasteiger charge is 2.08. The topological polar surface area (TPSA) is 35.2 Å². The van der Waals surface area contributed by atoms with Crippen LogP contribution >= 0.6 is 11.6 Å². The van der Waals surface area contributed by atoms with Gasteiger partial charge in [0.1, 0.15) is 6.10 Å². The number of hydrogen-bond donors (Lipinski definition) is 1. The van der Waals surface area contributed by atoms with Gasteiger partial charge in [0.15, 0.2) is 0 Å². The molecule has 0 fully saturated rings. The fourth-order valence-corrected chi connectivity index (χ4v) is 1.22. The van der Waals surface area contributed by atoms with Crippen LogP contribution in [0, 0.1) is 0 Å². The van der Waals surface area contributed by atoms with E-state index in [1.54, 1.807) is 6.08 Å². The summed E-state index contributed by atoms with van der Waals surface area (Å²) in [6.45, 7) is 3.63. The molecule has 2 nitrogen and oxygen atoms in total. The van der Waals surface area contributed by atoms with E-state index in [2.05, 4.69) is 6.58 Å². The Morgan fingerprint density at radius 2 is 2.08 bits per heavy atom. The van der Waals surface area contributed by atoms with Gasteiger partial charge >= 0.3 is 0 Å². The zero-order chi connectivity index (χ0) is 9.68. The summed E-state index contributed by atoms with van der Waals surface area (Å²) in [5, 5.41) is 0.707. The monoisotopic (exact) mass is 197 g/mol. The van der Waals surface area contributed by atoms with Crippen LogP contribution < -0.4 is 5.90 Å². The van der Waals surface area contributed by atoms with Gasteiger partial charge in [-0.15, -0.1) is 6.58 Å². The fraction of sp³-hybridized carbons (Fsp3) is 0.200. The highest BCUT2D eigenvalue weighted by molar-refractivity contribution is 6.30. The Hall–Kier alpha value is -0.830. The van der Waals surface area contributed by atoms with Crippen LogP contribution in [0.2, 0.25) is 5.02 Å². The van der Waals surface area contributed by atoms with Gasteiger partial charge in [-0.2, -0.15) is 0 Å². The molecule has 0 saturated heterocycles. The highest BCUT2D eigenvalue weighted by Crippen LogP contribution is 2.21. The normalized spacial score (nSPS) is 12.5. The molecule has 0 amide bonds. The lowest BCUT2D eigenvalue weighted by Crippen LogP contribution is -2.08. The van der Waals surface area contributed by atoms with Crippen molar-refractivity contribution < 1.29 is 4.84 Å². The number of halogens is 1. The van der Waals surface area contributed by atoms with E-state index in [4.69, 9.17) is 22.3 Å². The molecule has 1 rings (SSSR count). The van der Waals surface area contributed by atoms with E-state index < -0.39 is 0 Å². The van der Waals surface area contributed by atoms with E-state index >= 15 is 0 Å². The predicted molar refractivity (Wildman–Crippen MR) is 54.3 cm³/mol. The smallest absolute Gasteiger partial charge is 0.107 e. The number of nitrogens with two attached hydrogens (primary N) is 1. The fourth-order valence-electron chi connectivity index (χ4n) is 1.10. The van der Waals surface area contributed by atoms with Crippen molar-refractivity contribution in [3.8, 4) is 0 Å². The van der Waals surface area contributed by atoms with Crippen molar-refractivity contribution in [3.05, 3.63) is 47.5 Å². The number of hydrogen-bond acceptors (Lipinski definition) is 2. The molecular formula is C10H12ClNO. The Morgan fingerprint density at radius 3 is 2.54 bits per heavy atom. The quantitative estimate of drug-likeness (QED) is 0.595. The molecule has 0 heterocycles. The molecule has 2 N–H and O–H groups in total. The highest BCUT2D eigenvalue weighted by atomic mass is 35.5. The minimum Gasteiger partial charge on any atom is -0.296 e. The first-order valence-corrected chi connectivity index (χ1v) is 4.37. The Bertz CT molecular complexity index is 271. The van der Waals surface area contributed by atoms with Crippen molar-refractivity contribution in [2.45, 2.75) is 12.5 Å². The molecule has 0 aliphatic carbocycles. The van der Waals surface area contributed by atoms with Gasteiger partial charge in [-0.1, -0.05) is 29.8 Å². The summed E-state index contributed by atoms with van der Waals surface area (Å²) in [7, 11) is 0. The summed E-state index contributed by atoms with van der Waals surface area (Å²) in [4.78, 5) is 4.80. The molecule has 0 saturated carbocycles. The van der Waals surface area contributed by atoms with E-state index in [0.717, 1.165) is 5.56 Å². The largest absolute Gasteiger partial charge is 0.296 e. The van der Waals surface area contributed by atoms with Crippen LogP contribution in [0.25, 0.3) is 0 Å². The predicted octanol–water partition coefficient (Wildman–Crippen LogP) is 2.85. The third-order valence-electron chi connectivity index (χ3n) is 1.79. The molecule has 0 radical (unpaired) electrons. The molecule has 1 unspecified atom stereocenters. The second-order valence-corrected chi connectivity index (χ2v) is 3.14. The Kier molecular flexibility index (Phi) is 3.96. The molecular weight excluding hydrogens is 186 g/mol. The SMILES string of the molecule is C=CCC(ON)c1ccc(Cl)cc1. The van der Waals surface area contributed by atoms with Gasteiger partial charge in [0.05, 0.1) is 0 Å². The summed E-state index contributed by atoms with van der Waals surface area (Å²) < 4.78 is 0. The van der Waals surface area contributed by atoms with Gasteiger partial charge in [-0.05, 0) is 24.1 Å². The third-order valence-corrected chi connectivity index (χ3v) is 2.04. The van der Waals surface area contributed by atoms with E-state index in [0.29, 0.717) is 11.4 Å². The van der Waals surface area contributed by atoms with Crippen LogP contribution in [-0.4, -0.2) is 0 Å². The Balaban J connectivity index is 2.78. The zero-order valence-corrected chi connectivity index (χ0v) is 8.00. The van der Waals surface area contributed by atoms with E-state index in [9.17, 15) is 0 Å². The van der Waals surface area contributed by atoms with Crippen LogP contribution in [0.4, 0.5) is 0 Å². The lowest BCUT2D eigenvalue weighted by atomic mass is 10.1. The molecule has 0 aromatic heterocycles. The minimum absolute atomic E-state index is 0.130. The van der Waals surface area contributed by atoms with Crippen LogP contribution in [-0.2, 0) is 4.84 Å². The summed E-state index contributed by atoms with van der Waals surface area (Å²) in [5.41, 5.74) is 1.01. The van der Waals surface area contributed by atoms with Gasteiger partial charge < -0.3 is 0 Å². The first-order chi connectivity index (χ1) is 6.27. The maximum Gasteiger partial charge on any atom is 0.107 e. The van der Waals surface area contributed by atoms with Crippen LogP contribution in [0.15, 0.2) is 36.9 Å².